The molecule has 0 saturated carbocycles. The molecule has 2 aromatic carbocycles. The van der Waals surface area contributed by atoms with E-state index in [9.17, 15) is 0 Å². The molecule has 0 fully saturated rings. The maximum atomic E-state index is 6.49. The first kappa shape index (κ1) is 24.7. The van der Waals surface area contributed by atoms with Gasteiger partial charge in [-0.15, -0.1) is 0 Å². The van der Waals surface area contributed by atoms with Crippen molar-refractivity contribution >= 4 is 8.56 Å². The summed E-state index contributed by atoms with van der Waals surface area (Å²) in [6, 6.07) is 20.9. The molecule has 3 heteroatoms. The summed E-state index contributed by atoms with van der Waals surface area (Å²) in [5, 5.41) is 0. The van der Waals surface area contributed by atoms with Crippen molar-refractivity contribution in [1.29, 1.82) is 0 Å². The Labute approximate surface area is 186 Å². The van der Waals surface area contributed by atoms with E-state index >= 15 is 0 Å². The monoisotopic (exact) mass is 426 g/mol. The van der Waals surface area contributed by atoms with Gasteiger partial charge in [-0.05, 0) is 41.8 Å². The first-order valence-electron chi connectivity index (χ1n) is 12.2. The van der Waals surface area contributed by atoms with Crippen molar-refractivity contribution in [3.05, 3.63) is 54.6 Å². The summed E-state index contributed by atoms with van der Waals surface area (Å²) in [5.74, 6) is 0.942. The number of hydrogen-bond donors (Lipinski definition) is 0. The van der Waals surface area contributed by atoms with Gasteiger partial charge in [0.25, 0.3) is 0 Å². The van der Waals surface area contributed by atoms with Crippen LogP contribution >= 0.6 is 0 Å². The molecule has 2 aromatic rings. The standard InChI is InChI=1S/C27H42O2Si/c1-4-7-8-9-10-11-12-13-17-24-28-30(5-2,6-3)29-27-22-20-26(21-23-27)25-18-15-14-16-19-25/h14-16,18-23H,4-13,17,24H2,1-3H3. The van der Waals surface area contributed by atoms with Gasteiger partial charge in [0.2, 0.25) is 0 Å². The van der Waals surface area contributed by atoms with Crippen LogP contribution in [0.2, 0.25) is 12.1 Å². The lowest BCUT2D eigenvalue weighted by Gasteiger charge is -2.29. The van der Waals surface area contributed by atoms with Crippen LogP contribution in [-0.4, -0.2) is 15.2 Å². The predicted octanol–water partition coefficient (Wildman–Crippen LogP) is 8.76. The van der Waals surface area contributed by atoms with Crippen molar-refractivity contribution in [2.75, 3.05) is 6.61 Å². The molecular formula is C27H42O2Si. The molecule has 0 aliphatic heterocycles. The number of benzene rings is 2. The summed E-state index contributed by atoms with van der Waals surface area (Å²) in [6.07, 6.45) is 12.1. The van der Waals surface area contributed by atoms with Crippen LogP contribution < -0.4 is 4.43 Å². The first-order valence-corrected chi connectivity index (χ1v) is 14.4. The Balaban J connectivity index is 1.74. The highest BCUT2D eigenvalue weighted by atomic mass is 28.4. The van der Waals surface area contributed by atoms with E-state index in [2.05, 4.69) is 69.3 Å². The van der Waals surface area contributed by atoms with Gasteiger partial charge in [-0.2, -0.15) is 0 Å². The molecule has 0 unspecified atom stereocenters. The zero-order chi connectivity index (χ0) is 21.5. The van der Waals surface area contributed by atoms with Crippen LogP contribution in [0.1, 0.15) is 78.6 Å². The number of rotatable bonds is 16. The number of hydrogen-bond acceptors (Lipinski definition) is 2. The van der Waals surface area contributed by atoms with Crippen molar-refractivity contribution in [1.82, 2.24) is 0 Å². The van der Waals surface area contributed by atoms with Crippen molar-refractivity contribution in [2.45, 2.75) is 90.6 Å². The lowest BCUT2D eigenvalue weighted by atomic mass is 10.1. The van der Waals surface area contributed by atoms with Gasteiger partial charge in [0.05, 0.1) is 0 Å². The average molecular weight is 427 g/mol. The van der Waals surface area contributed by atoms with Crippen molar-refractivity contribution in [2.24, 2.45) is 0 Å². The van der Waals surface area contributed by atoms with Gasteiger partial charge in [-0.3, -0.25) is 0 Å². The Morgan fingerprint density at radius 2 is 1.13 bits per heavy atom. The van der Waals surface area contributed by atoms with E-state index < -0.39 is 8.56 Å². The molecule has 166 valence electrons. The van der Waals surface area contributed by atoms with Crippen molar-refractivity contribution < 1.29 is 8.85 Å². The van der Waals surface area contributed by atoms with Crippen molar-refractivity contribution in [3.63, 3.8) is 0 Å². The quantitative estimate of drug-likeness (QED) is 0.197. The van der Waals surface area contributed by atoms with Crippen LogP contribution in [0.3, 0.4) is 0 Å². The van der Waals surface area contributed by atoms with E-state index in [1.54, 1.807) is 0 Å². The summed E-state index contributed by atoms with van der Waals surface area (Å²) in [6.45, 7) is 7.54. The van der Waals surface area contributed by atoms with E-state index in [1.165, 1.54) is 62.5 Å². The summed E-state index contributed by atoms with van der Waals surface area (Å²) < 4.78 is 12.9. The molecule has 0 spiro atoms. The Kier molecular flexibility index (Phi) is 11.9. The van der Waals surface area contributed by atoms with Gasteiger partial charge in [0, 0.05) is 6.61 Å². The summed E-state index contributed by atoms with van der Waals surface area (Å²) in [5.41, 5.74) is 2.46. The SMILES string of the molecule is CCCCCCCCCCCO[Si](CC)(CC)Oc1ccc(-c2ccccc2)cc1. The van der Waals surface area contributed by atoms with Crippen LogP contribution in [0, 0.1) is 0 Å². The minimum Gasteiger partial charge on any atom is -0.520 e. The fourth-order valence-corrected chi connectivity index (χ4v) is 6.20. The third-order valence-electron chi connectivity index (χ3n) is 5.96. The van der Waals surface area contributed by atoms with E-state index in [0.717, 1.165) is 30.9 Å². The third-order valence-corrected chi connectivity index (χ3v) is 9.45. The first-order chi connectivity index (χ1) is 14.7. The summed E-state index contributed by atoms with van der Waals surface area (Å²) in [4.78, 5) is 0. The Morgan fingerprint density at radius 1 is 0.600 bits per heavy atom. The molecule has 0 heterocycles. The maximum absolute atomic E-state index is 6.49. The molecule has 0 amide bonds. The second-order valence-corrected chi connectivity index (χ2v) is 12.0. The van der Waals surface area contributed by atoms with Crippen molar-refractivity contribution in [3.8, 4) is 16.9 Å². The zero-order valence-electron chi connectivity index (χ0n) is 19.5. The number of unbranched alkanes of at least 4 members (excludes halogenated alkanes) is 8. The molecule has 0 radical (unpaired) electrons. The van der Waals surface area contributed by atoms with Crippen LogP contribution in [0.25, 0.3) is 11.1 Å². The average Bonchev–Trinajstić information content (AvgIpc) is 2.80. The predicted molar refractivity (Wildman–Crippen MR) is 132 cm³/mol. The fourth-order valence-electron chi connectivity index (χ4n) is 3.86. The Hall–Kier alpha value is -1.58. The van der Waals surface area contributed by atoms with Gasteiger partial charge < -0.3 is 8.85 Å². The molecule has 0 aliphatic carbocycles. The second kappa shape index (κ2) is 14.4. The molecule has 2 rings (SSSR count). The van der Waals surface area contributed by atoms with E-state index in [1.807, 2.05) is 6.07 Å². The maximum Gasteiger partial charge on any atom is 0.398 e. The topological polar surface area (TPSA) is 18.5 Å². The highest BCUT2D eigenvalue weighted by Gasteiger charge is 2.35. The minimum absolute atomic E-state index is 0.839. The highest BCUT2D eigenvalue weighted by Crippen LogP contribution is 2.27. The molecular weight excluding hydrogens is 384 g/mol. The summed E-state index contributed by atoms with van der Waals surface area (Å²) >= 11 is 0. The molecule has 0 saturated heterocycles. The largest absolute Gasteiger partial charge is 0.520 e. The lowest BCUT2D eigenvalue weighted by Crippen LogP contribution is -2.44. The zero-order valence-corrected chi connectivity index (χ0v) is 20.5. The van der Waals surface area contributed by atoms with E-state index in [4.69, 9.17) is 8.85 Å². The van der Waals surface area contributed by atoms with E-state index in [0.29, 0.717) is 0 Å². The smallest absolute Gasteiger partial charge is 0.398 e. The second-order valence-electron chi connectivity index (χ2n) is 8.29. The molecule has 30 heavy (non-hydrogen) atoms. The van der Waals surface area contributed by atoms with Crippen LogP contribution in [-0.2, 0) is 4.43 Å². The molecule has 0 aromatic heterocycles. The molecule has 0 N–H and O–H groups in total. The molecule has 0 atom stereocenters. The van der Waals surface area contributed by atoms with Gasteiger partial charge in [-0.25, -0.2) is 0 Å². The lowest BCUT2D eigenvalue weighted by molar-refractivity contribution is 0.230. The van der Waals surface area contributed by atoms with Gasteiger partial charge >= 0.3 is 8.56 Å². The van der Waals surface area contributed by atoms with Gasteiger partial charge in [0.1, 0.15) is 5.75 Å². The van der Waals surface area contributed by atoms with E-state index in [-0.39, 0.29) is 0 Å². The Bertz CT molecular complexity index is 665. The van der Waals surface area contributed by atoms with Gasteiger partial charge in [-0.1, -0.05) is 115 Å². The third kappa shape index (κ3) is 8.65. The highest BCUT2D eigenvalue weighted by molar-refractivity contribution is 6.68. The minimum atomic E-state index is -2.17. The van der Waals surface area contributed by atoms with Crippen LogP contribution in [0.15, 0.2) is 54.6 Å². The fraction of sp³-hybridized carbons (Fsp3) is 0.556. The molecule has 2 nitrogen and oxygen atoms in total. The van der Waals surface area contributed by atoms with Crippen LogP contribution in [0.5, 0.6) is 5.75 Å². The summed E-state index contributed by atoms with van der Waals surface area (Å²) in [7, 11) is -2.17. The van der Waals surface area contributed by atoms with Gasteiger partial charge in [0.15, 0.2) is 0 Å². The molecule has 0 bridgehead atoms. The molecule has 0 aliphatic rings. The normalized spacial score (nSPS) is 11.6. The van der Waals surface area contributed by atoms with Crippen LogP contribution in [0.4, 0.5) is 0 Å². The Morgan fingerprint density at radius 3 is 1.70 bits per heavy atom.